The molecule has 0 spiro atoms. The van der Waals surface area contributed by atoms with Gasteiger partial charge in [0.2, 0.25) is 0 Å². The first-order valence-corrected chi connectivity index (χ1v) is 12.3. The van der Waals surface area contributed by atoms with Gasteiger partial charge in [0, 0.05) is 40.3 Å². The number of aromatic nitrogens is 8. The van der Waals surface area contributed by atoms with Gasteiger partial charge in [0.1, 0.15) is 15.9 Å². The molecule has 9 heteroatoms. The van der Waals surface area contributed by atoms with E-state index >= 15 is 0 Å². The zero-order valence-electron chi connectivity index (χ0n) is 19.4. The van der Waals surface area contributed by atoms with Crippen molar-refractivity contribution < 1.29 is 0 Å². The van der Waals surface area contributed by atoms with Crippen LogP contribution in [0.5, 0.6) is 0 Å². The molecule has 0 fully saturated rings. The standard InChI is InChI=1S/C26H20N8S/c1-4-33-12-16(11-28-33)20-10-18(17-7-5-6-8-19(17)30-20)24-31-25-23-22(27-13-34(25)32-24)21-14(2)9-15(3)29-26(21)35-23/h5-13H,4H2,1-3H3. The highest BCUT2D eigenvalue weighted by molar-refractivity contribution is 7.26. The Morgan fingerprint density at radius 1 is 1.03 bits per heavy atom. The summed E-state index contributed by atoms with van der Waals surface area (Å²) in [5.41, 5.74) is 7.52. The van der Waals surface area contributed by atoms with Crippen molar-refractivity contribution in [3.8, 4) is 22.6 Å². The molecule has 0 aliphatic rings. The summed E-state index contributed by atoms with van der Waals surface area (Å²) in [6.07, 6.45) is 5.61. The van der Waals surface area contributed by atoms with E-state index in [1.165, 1.54) is 5.56 Å². The monoisotopic (exact) mass is 476 g/mol. The number of benzene rings is 1. The first-order chi connectivity index (χ1) is 17.1. The van der Waals surface area contributed by atoms with Crippen LogP contribution in [0.1, 0.15) is 18.2 Å². The Hall–Kier alpha value is -4.24. The highest BCUT2D eigenvalue weighted by Gasteiger charge is 2.19. The van der Waals surface area contributed by atoms with Crippen molar-refractivity contribution in [1.29, 1.82) is 0 Å². The molecule has 7 rings (SSSR count). The van der Waals surface area contributed by atoms with Gasteiger partial charge in [-0.2, -0.15) is 5.10 Å². The summed E-state index contributed by atoms with van der Waals surface area (Å²) in [5, 5.41) is 11.3. The summed E-state index contributed by atoms with van der Waals surface area (Å²) in [7, 11) is 0. The van der Waals surface area contributed by atoms with Crippen molar-refractivity contribution in [2.45, 2.75) is 27.3 Å². The molecule has 1 aromatic carbocycles. The number of thiophene rings is 1. The van der Waals surface area contributed by atoms with Crippen LogP contribution >= 0.6 is 11.3 Å². The maximum absolute atomic E-state index is 5.01. The number of aryl methyl sites for hydroxylation is 3. The van der Waals surface area contributed by atoms with E-state index in [1.54, 1.807) is 22.2 Å². The normalized spacial score (nSPS) is 12.0. The fraction of sp³-hybridized carbons (Fsp3) is 0.154. The smallest absolute Gasteiger partial charge is 0.183 e. The van der Waals surface area contributed by atoms with Crippen LogP contribution in [0.2, 0.25) is 0 Å². The molecule has 0 aliphatic carbocycles. The summed E-state index contributed by atoms with van der Waals surface area (Å²) in [6, 6.07) is 12.2. The van der Waals surface area contributed by atoms with Crippen LogP contribution in [-0.4, -0.2) is 39.3 Å². The van der Waals surface area contributed by atoms with Gasteiger partial charge in [0.15, 0.2) is 11.5 Å². The maximum atomic E-state index is 5.01. The largest absolute Gasteiger partial charge is 0.272 e. The first-order valence-electron chi connectivity index (χ1n) is 11.4. The summed E-state index contributed by atoms with van der Waals surface area (Å²) in [5.74, 6) is 0.639. The molecule has 6 heterocycles. The van der Waals surface area contributed by atoms with E-state index in [1.807, 2.05) is 42.2 Å². The van der Waals surface area contributed by atoms with Crippen LogP contribution in [0.4, 0.5) is 0 Å². The average molecular weight is 477 g/mol. The van der Waals surface area contributed by atoms with Gasteiger partial charge in [-0.3, -0.25) is 4.68 Å². The van der Waals surface area contributed by atoms with Crippen molar-refractivity contribution in [1.82, 2.24) is 39.3 Å². The molecular formula is C26H20N8S. The van der Waals surface area contributed by atoms with Crippen LogP contribution in [0.25, 0.3) is 59.6 Å². The zero-order chi connectivity index (χ0) is 23.7. The Morgan fingerprint density at radius 3 is 2.77 bits per heavy atom. The predicted octanol–water partition coefficient (Wildman–Crippen LogP) is 5.60. The van der Waals surface area contributed by atoms with E-state index in [2.05, 4.69) is 37.1 Å². The lowest BCUT2D eigenvalue weighted by molar-refractivity contribution is 0.660. The van der Waals surface area contributed by atoms with Gasteiger partial charge in [0.05, 0.1) is 22.9 Å². The molecule has 0 atom stereocenters. The summed E-state index contributed by atoms with van der Waals surface area (Å²) < 4.78 is 4.65. The Labute approximate surface area is 203 Å². The fourth-order valence-electron chi connectivity index (χ4n) is 4.66. The lowest BCUT2D eigenvalue weighted by atomic mass is 10.1. The molecule has 0 saturated carbocycles. The molecule has 0 saturated heterocycles. The van der Waals surface area contributed by atoms with E-state index in [9.17, 15) is 0 Å². The number of rotatable bonds is 3. The third-order valence-electron chi connectivity index (χ3n) is 6.30. The second kappa shape index (κ2) is 7.38. The predicted molar refractivity (Wildman–Crippen MR) is 139 cm³/mol. The molecule has 0 radical (unpaired) electrons. The van der Waals surface area contributed by atoms with Crippen molar-refractivity contribution in [3.05, 3.63) is 66.4 Å². The summed E-state index contributed by atoms with van der Waals surface area (Å²) in [4.78, 5) is 20.4. The minimum Gasteiger partial charge on any atom is -0.272 e. The molecule has 170 valence electrons. The number of hydrogen-bond acceptors (Lipinski definition) is 7. The fourth-order valence-corrected chi connectivity index (χ4v) is 5.88. The van der Waals surface area contributed by atoms with Crippen molar-refractivity contribution >= 4 is 48.3 Å². The lowest BCUT2D eigenvalue weighted by Gasteiger charge is -2.06. The van der Waals surface area contributed by atoms with E-state index < -0.39 is 0 Å². The van der Waals surface area contributed by atoms with E-state index in [4.69, 9.17) is 25.0 Å². The number of fused-ring (bicyclic) bond motifs is 6. The SMILES string of the molecule is CCn1cc(-c2cc(-c3nc4c5sc6nc(C)cc(C)c6c5ncn4n3)c3ccccc3n2)cn1. The first kappa shape index (κ1) is 20.2. The number of nitrogens with zero attached hydrogens (tertiary/aromatic N) is 8. The maximum Gasteiger partial charge on any atom is 0.183 e. The highest BCUT2D eigenvalue weighted by atomic mass is 32.1. The highest BCUT2D eigenvalue weighted by Crippen LogP contribution is 2.37. The number of para-hydroxylation sites is 1. The minimum absolute atomic E-state index is 0.639. The molecule has 0 aliphatic heterocycles. The van der Waals surface area contributed by atoms with Crippen LogP contribution in [0, 0.1) is 13.8 Å². The topological polar surface area (TPSA) is 86.7 Å². The zero-order valence-corrected chi connectivity index (χ0v) is 20.2. The molecule has 0 amide bonds. The van der Waals surface area contributed by atoms with Crippen LogP contribution in [0.15, 0.2) is 55.1 Å². The van der Waals surface area contributed by atoms with Gasteiger partial charge in [-0.1, -0.05) is 18.2 Å². The summed E-state index contributed by atoms with van der Waals surface area (Å²) in [6.45, 7) is 7.00. The molecule has 0 unspecified atom stereocenters. The number of hydrogen-bond donors (Lipinski definition) is 0. The Kier molecular flexibility index (Phi) is 4.25. The van der Waals surface area contributed by atoms with Crippen LogP contribution in [-0.2, 0) is 6.54 Å². The third-order valence-corrected chi connectivity index (χ3v) is 7.37. The van der Waals surface area contributed by atoms with Crippen molar-refractivity contribution in [3.63, 3.8) is 0 Å². The molecule has 0 N–H and O–H groups in total. The molecule has 7 aromatic rings. The second-order valence-corrected chi connectivity index (χ2v) is 9.64. The molecule has 35 heavy (non-hydrogen) atoms. The molecular weight excluding hydrogens is 456 g/mol. The minimum atomic E-state index is 0.639. The second-order valence-electron chi connectivity index (χ2n) is 8.65. The van der Waals surface area contributed by atoms with Gasteiger partial charge in [-0.05, 0) is 44.5 Å². The average Bonchev–Trinajstić information content (AvgIpc) is 3.59. The van der Waals surface area contributed by atoms with Gasteiger partial charge in [-0.15, -0.1) is 16.4 Å². The van der Waals surface area contributed by atoms with Crippen LogP contribution in [0.3, 0.4) is 0 Å². The third kappa shape index (κ3) is 3.05. The summed E-state index contributed by atoms with van der Waals surface area (Å²) >= 11 is 1.62. The molecule has 6 aromatic heterocycles. The van der Waals surface area contributed by atoms with Crippen molar-refractivity contribution in [2.24, 2.45) is 0 Å². The Balaban J connectivity index is 1.49. The van der Waals surface area contributed by atoms with E-state index in [0.717, 1.165) is 66.0 Å². The van der Waals surface area contributed by atoms with Gasteiger partial charge >= 0.3 is 0 Å². The number of pyridine rings is 2. The quantitative estimate of drug-likeness (QED) is 0.330. The van der Waals surface area contributed by atoms with Crippen LogP contribution < -0.4 is 0 Å². The Morgan fingerprint density at radius 2 is 1.91 bits per heavy atom. The van der Waals surface area contributed by atoms with Gasteiger partial charge in [0.25, 0.3) is 0 Å². The Bertz CT molecular complexity index is 1930. The van der Waals surface area contributed by atoms with Crippen molar-refractivity contribution in [2.75, 3.05) is 0 Å². The van der Waals surface area contributed by atoms with Gasteiger partial charge in [-0.25, -0.2) is 24.5 Å². The van der Waals surface area contributed by atoms with Gasteiger partial charge < -0.3 is 0 Å². The van der Waals surface area contributed by atoms with E-state index in [-0.39, 0.29) is 0 Å². The molecule has 8 nitrogen and oxygen atoms in total. The lowest BCUT2D eigenvalue weighted by Crippen LogP contribution is -1.93. The van der Waals surface area contributed by atoms with E-state index in [0.29, 0.717) is 5.82 Å². The molecule has 0 bridgehead atoms.